The molecule has 0 spiro atoms. The summed E-state index contributed by atoms with van der Waals surface area (Å²) in [4.78, 5) is 29.8. The van der Waals surface area contributed by atoms with Gasteiger partial charge in [0, 0.05) is 44.3 Å². The second-order valence-electron chi connectivity index (χ2n) is 7.35. The molecule has 1 aliphatic heterocycles. The van der Waals surface area contributed by atoms with Gasteiger partial charge in [-0.05, 0) is 35.6 Å². The van der Waals surface area contributed by atoms with Crippen molar-refractivity contribution in [1.29, 1.82) is 0 Å². The minimum atomic E-state index is -0.818. The van der Waals surface area contributed by atoms with Crippen LogP contribution >= 0.6 is 13.5 Å². The van der Waals surface area contributed by atoms with E-state index in [4.69, 9.17) is 9.47 Å². The summed E-state index contributed by atoms with van der Waals surface area (Å²) in [7, 11) is 4.86. The molecule has 31 heavy (non-hydrogen) atoms. The van der Waals surface area contributed by atoms with Crippen LogP contribution in [0.3, 0.4) is 0 Å². The van der Waals surface area contributed by atoms with Crippen LogP contribution in [0.2, 0.25) is 0 Å². The molecule has 3 aromatic rings. The number of hydrogen-bond donors (Lipinski definition) is 1. The largest absolute Gasteiger partial charge is 0.496 e. The third-order valence-corrected chi connectivity index (χ3v) is 5.68. The number of rotatable bonds is 6. The highest BCUT2D eigenvalue weighted by Crippen LogP contribution is 2.38. The van der Waals surface area contributed by atoms with Gasteiger partial charge in [-0.2, -0.15) is 13.5 Å². The molecule has 1 fully saturated rings. The summed E-state index contributed by atoms with van der Waals surface area (Å²) < 4.78 is 12.8. The number of nitrogens with zero attached hydrogens (tertiary/aromatic N) is 3. The minimum Gasteiger partial charge on any atom is -0.496 e. The van der Waals surface area contributed by atoms with Crippen LogP contribution in [0.15, 0.2) is 41.6 Å². The Bertz CT molecular complexity index is 1170. The topological polar surface area (TPSA) is 93.9 Å². The highest BCUT2D eigenvalue weighted by molar-refractivity contribution is 7.59. The van der Waals surface area contributed by atoms with Crippen LogP contribution in [-0.2, 0) is 18.4 Å². The number of likely N-dealkylation sites (tertiary alicyclic amines) is 1. The fraction of sp³-hybridized carbons (Fsp3) is 0.318. The molecular formula is C22H25N3O5S. The van der Waals surface area contributed by atoms with E-state index in [1.54, 1.807) is 39.9 Å². The van der Waals surface area contributed by atoms with Crippen LogP contribution in [-0.4, -0.2) is 52.3 Å². The van der Waals surface area contributed by atoms with Crippen molar-refractivity contribution in [2.75, 3.05) is 20.8 Å². The number of carbonyl (C=O) groups is 1. The summed E-state index contributed by atoms with van der Waals surface area (Å²) >= 11 is 0. The van der Waals surface area contributed by atoms with Crippen molar-refractivity contribution >= 4 is 30.2 Å². The van der Waals surface area contributed by atoms with Crippen LogP contribution in [0, 0.1) is 0 Å². The Labute approximate surface area is 186 Å². The lowest BCUT2D eigenvalue weighted by molar-refractivity contribution is -0.148. The van der Waals surface area contributed by atoms with Crippen molar-refractivity contribution in [3.8, 4) is 22.6 Å². The summed E-state index contributed by atoms with van der Waals surface area (Å²) in [5, 5.41) is 10.7. The number of aromatic nitrogens is 2. The zero-order valence-electron chi connectivity index (χ0n) is 17.6. The maximum Gasteiger partial charge on any atom is 0.320 e. The molecule has 1 atom stereocenters. The minimum absolute atomic E-state index is 0. The summed E-state index contributed by atoms with van der Waals surface area (Å²) in [6.07, 6.45) is 5.65. The van der Waals surface area contributed by atoms with E-state index in [0.29, 0.717) is 36.4 Å². The molecule has 1 aromatic carbocycles. The van der Waals surface area contributed by atoms with Crippen molar-refractivity contribution in [3.05, 3.63) is 52.7 Å². The average molecular weight is 444 g/mol. The Morgan fingerprint density at radius 2 is 1.90 bits per heavy atom. The number of aryl methyl sites for hydroxylation is 1. The highest BCUT2D eigenvalue weighted by atomic mass is 32.1. The second kappa shape index (κ2) is 8.99. The van der Waals surface area contributed by atoms with Gasteiger partial charge in [-0.25, -0.2) is 0 Å². The number of pyridine rings is 2. The Morgan fingerprint density at radius 3 is 2.45 bits per heavy atom. The van der Waals surface area contributed by atoms with Crippen LogP contribution < -0.4 is 15.0 Å². The molecule has 164 valence electrons. The Kier molecular flexibility index (Phi) is 6.56. The van der Waals surface area contributed by atoms with Gasteiger partial charge in [-0.3, -0.25) is 19.5 Å². The van der Waals surface area contributed by atoms with Crippen LogP contribution in [0.5, 0.6) is 11.5 Å². The number of methoxy groups -OCH3 is 2. The first kappa shape index (κ1) is 22.6. The summed E-state index contributed by atoms with van der Waals surface area (Å²) in [6.45, 7) is 1.13. The third kappa shape index (κ3) is 3.98. The van der Waals surface area contributed by atoms with Gasteiger partial charge in [0.15, 0.2) is 0 Å². The second-order valence-corrected chi connectivity index (χ2v) is 7.35. The molecular weight excluding hydrogens is 418 g/mol. The number of carboxylic acid groups (broad SMARTS) is 1. The van der Waals surface area contributed by atoms with Crippen molar-refractivity contribution < 1.29 is 19.4 Å². The number of carboxylic acids is 1. The van der Waals surface area contributed by atoms with Gasteiger partial charge >= 0.3 is 5.97 Å². The fourth-order valence-corrected chi connectivity index (χ4v) is 3.95. The lowest BCUT2D eigenvalue weighted by Gasteiger charge is -2.38. The molecule has 0 radical (unpaired) electrons. The molecule has 0 amide bonds. The van der Waals surface area contributed by atoms with Gasteiger partial charge in [0.25, 0.3) is 5.56 Å². The number of ether oxygens (including phenoxy) is 2. The first-order chi connectivity index (χ1) is 14.4. The van der Waals surface area contributed by atoms with Gasteiger partial charge in [0.1, 0.15) is 17.5 Å². The van der Waals surface area contributed by atoms with E-state index in [1.807, 2.05) is 23.1 Å². The van der Waals surface area contributed by atoms with E-state index < -0.39 is 12.0 Å². The van der Waals surface area contributed by atoms with E-state index in [9.17, 15) is 14.7 Å². The number of hydrogen-bond acceptors (Lipinski definition) is 6. The third-order valence-electron chi connectivity index (χ3n) is 5.68. The lowest BCUT2D eigenvalue weighted by atomic mass is 9.97. The van der Waals surface area contributed by atoms with E-state index in [-0.39, 0.29) is 19.1 Å². The van der Waals surface area contributed by atoms with Crippen LogP contribution in [0.25, 0.3) is 21.9 Å². The molecule has 2 aromatic heterocycles. The molecule has 1 aliphatic rings. The van der Waals surface area contributed by atoms with Crippen molar-refractivity contribution in [2.24, 2.45) is 7.05 Å². The molecule has 0 bridgehead atoms. The van der Waals surface area contributed by atoms with E-state index in [1.165, 1.54) is 4.57 Å². The summed E-state index contributed by atoms with van der Waals surface area (Å²) in [6, 6.07) is 5.12. The van der Waals surface area contributed by atoms with Crippen LogP contribution in [0.1, 0.15) is 12.0 Å². The Hall–Kier alpha value is -3.04. The average Bonchev–Trinajstić information content (AvgIpc) is 2.72. The smallest absolute Gasteiger partial charge is 0.320 e. The quantitative estimate of drug-likeness (QED) is 0.625. The molecule has 4 rings (SSSR count). The Morgan fingerprint density at radius 1 is 1.23 bits per heavy atom. The molecule has 1 N–H and O–H groups in total. The maximum absolute atomic E-state index is 12.5. The van der Waals surface area contributed by atoms with E-state index in [2.05, 4.69) is 4.98 Å². The maximum atomic E-state index is 12.5. The molecule has 9 heteroatoms. The lowest BCUT2D eigenvalue weighted by Crippen LogP contribution is -2.51. The predicted molar refractivity (Wildman–Crippen MR) is 122 cm³/mol. The van der Waals surface area contributed by atoms with Gasteiger partial charge in [0.05, 0.1) is 25.2 Å². The van der Waals surface area contributed by atoms with Crippen molar-refractivity contribution in [1.82, 2.24) is 14.5 Å². The zero-order valence-corrected chi connectivity index (χ0v) is 18.6. The van der Waals surface area contributed by atoms with Gasteiger partial charge in [-0.1, -0.05) is 0 Å². The molecule has 0 aliphatic carbocycles. The van der Waals surface area contributed by atoms with Gasteiger partial charge in [0.2, 0.25) is 0 Å². The first-order valence-corrected chi connectivity index (χ1v) is 9.60. The number of aliphatic carboxylic acids is 1. The SMILES string of the molecule is COc1cc(-c2cn(C)c(=O)c3cnccc23)cc(OC)c1CN1CC[C@H]1C(=O)O.S. The number of fused-ring (bicyclic) bond motifs is 1. The molecule has 0 unspecified atom stereocenters. The van der Waals surface area contributed by atoms with Crippen molar-refractivity contribution in [2.45, 2.75) is 19.0 Å². The standard InChI is InChI=1S/C22H23N3O5.H2S/c1-24-11-16(14-4-6-23-10-15(14)21(24)26)13-8-19(29-2)17(20(9-13)30-3)12-25-7-5-18(25)22(27)28;/h4,6,8-11,18H,5,7,12H2,1-3H3,(H,27,28);1H2/t18-;/m0./s1. The van der Waals surface area contributed by atoms with Gasteiger partial charge in [-0.15, -0.1) is 0 Å². The molecule has 0 saturated carbocycles. The zero-order chi connectivity index (χ0) is 21.4. The summed E-state index contributed by atoms with van der Waals surface area (Å²) in [5.41, 5.74) is 2.36. The molecule has 1 saturated heterocycles. The molecule has 8 nitrogen and oxygen atoms in total. The fourth-order valence-electron chi connectivity index (χ4n) is 3.95. The summed E-state index contributed by atoms with van der Waals surface area (Å²) in [5.74, 6) is 0.397. The Balaban J connectivity index is 0.00000272. The highest BCUT2D eigenvalue weighted by Gasteiger charge is 2.35. The van der Waals surface area contributed by atoms with Crippen molar-refractivity contribution in [3.63, 3.8) is 0 Å². The number of benzene rings is 1. The van der Waals surface area contributed by atoms with E-state index >= 15 is 0 Å². The van der Waals surface area contributed by atoms with Crippen LogP contribution in [0.4, 0.5) is 0 Å². The predicted octanol–water partition coefficient (Wildman–Crippen LogP) is 2.39. The normalized spacial score (nSPS) is 15.8. The first-order valence-electron chi connectivity index (χ1n) is 9.60. The van der Waals surface area contributed by atoms with E-state index in [0.717, 1.165) is 22.1 Å². The molecule has 3 heterocycles. The van der Waals surface area contributed by atoms with Gasteiger partial charge < -0.3 is 19.1 Å². The monoisotopic (exact) mass is 443 g/mol.